The first-order chi connectivity index (χ1) is 7.86. The molecule has 0 bridgehead atoms. The Bertz CT molecular complexity index is 155. The van der Waals surface area contributed by atoms with E-state index in [1.54, 1.807) is 7.11 Å². The predicted molar refractivity (Wildman–Crippen MR) is 61.5 cm³/mol. The first-order valence-electron chi connectivity index (χ1n) is 6.16. The zero-order valence-electron chi connectivity index (χ0n) is 10.2. The maximum Gasteiger partial charge on any atom is 0.0701 e. The minimum absolute atomic E-state index is 0.0844. The van der Waals surface area contributed by atoms with Crippen LogP contribution in [-0.4, -0.2) is 51.4 Å². The Morgan fingerprint density at radius 2 is 1.69 bits per heavy atom. The number of ether oxygens (including phenoxy) is 3. The Labute approximate surface area is 97.9 Å². The number of aliphatic hydroxyl groups excluding tert-OH is 1. The van der Waals surface area contributed by atoms with E-state index in [0.29, 0.717) is 31.8 Å². The lowest BCUT2D eigenvalue weighted by atomic mass is 9.88. The van der Waals surface area contributed by atoms with Crippen LogP contribution in [0.2, 0.25) is 0 Å². The summed E-state index contributed by atoms with van der Waals surface area (Å²) in [5.41, 5.74) is 0. The summed E-state index contributed by atoms with van der Waals surface area (Å²) in [6.07, 6.45) is 5.19. The SMILES string of the molecule is COC1CCC(COCCOCCO)CC1. The number of aliphatic hydroxyl groups is 1. The molecular weight excluding hydrogens is 208 g/mol. The first kappa shape index (κ1) is 13.9. The van der Waals surface area contributed by atoms with Crippen LogP contribution < -0.4 is 0 Å². The molecule has 0 atom stereocenters. The van der Waals surface area contributed by atoms with Crippen molar-refractivity contribution in [2.24, 2.45) is 5.92 Å². The van der Waals surface area contributed by atoms with Crippen LogP contribution in [0.25, 0.3) is 0 Å². The van der Waals surface area contributed by atoms with Gasteiger partial charge < -0.3 is 19.3 Å². The van der Waals surface area contributed by atoms with Gasteiger partial charge in [0.2, 0.25) is 0 Å². The van der Waals surface area contributed by atoms with E-state index >= 15 is 0 Å². The molecule has 4 heteroatoms. The summed E-state index contributed by atoms with van der Waals surface area (Å²) in [5.74, 6) is 0.684. The van der Waals surface area contributed by atoms with Gasteiger partial charge in [-0.2, -0.15) is 0 Å². The maximum absolute atomic E-state index is 8.50. The highest BCUT2D eigenvalue weighted by Crippen LogP contribution is 2.25. The van der Waals surface area contributed by atoms with Crippen LogP contribution in [0.3, 0.4) is 0 Å². The summed E-state index contributed by atoms with van der Waals surface area (Å²) in [6, 6.07) is 0. The number of methoxy groups -OCH3 is 1. The summed E-state index contributed by atoms with van der Waals surface area (Å²) < 4.78 is 16.0. The lowest BCUT2D eigenvalue weighted by Gasteiger charge is -2.27. The Hall–Kier alpha value is -0.160. The van der Waals surface area contributed by atoms with E-state index < -0.39 is 0 Å². The van der Waals surface area contributed by atoms with Crippen molar-refractivity contribution in [3.63, 3.8) is 0 Å². The third kappa shape index (κ3) is 5.80. The van der Waals surface area contributed by atoms with Crippen LogP contribution in [0, 0.1) is 5.92 Å². The van der Waals surface area contributed by atoms with E-state index in [0.717, 1.165) is 19.4 Å². The highest BCUT2D eigenvalue weighted by atomic mass is 16.5. The molecule has 0 radical (unpaired) electrons. The molecule has 16 heavy (non-hydrogen) atoms. The fraction of sp³-hybridized carbons (Fsp3) is 1.00. The van der Waals surface area contributed by atoms with Crippen molar-refractivity contribution in [2.75, 3.05) is 40.1 Å². The van der Waals surface area contributed by atoms with Gasteiger partial charge in [0, 0.05) is 13.7 Å². The van der Waals surface area contributed by atoms with E-state index in [4.69, 9.17) is 19.3 Å². The topological polar surface area (TPSA) is 47.9 Å². The fourth-order valence-corrected chi connectivity index (χ4v) is 2.07. The van der Waals surface area contributed by atoms with Crippen LogP contribution in [-0.2, 0) is 14.2 Å². The molecule has 0 saturated heterocycles. The van der Waals surface area contributed by atoms with Gasteiger partial charge >= 0.3 is 0 Å². The zero-order chi connectivity index (χ0) is 11.6. The molecule has 1 aliphatic rings. The van der Waals surface area contributed by atoms with Gasteiger partial charge in [-0.05, 0) is 31.6 Å². The standard InChI is InChI=1S/C12H24O4/c1-14-12-4-2-11(3-5-12)10-16-9-8-15-7-6-13/h11-13H,2-10H2,1H3. The van der Waals surface area contributed by atoms with Crippen molar-refractivity contribution in [3.8, 4) is 0 Å². The summed E-state index contributed by atoms with van der Waals surface area (Å²) in [6.45, 7) is 2.53. The van der Waals surface area contributed by atoms with Crippen molar-refractivity contribution >= 4 is 0 Å². The van der Waals surface area contributed by atoms with Gasteiger partial charge in [-0.1, -0.05) is 0 Å². The maximum atomic E-state index is 8.50. The van der Waals surface area contributed by atoms with Crippen LogP contribution in [0.4, 0.5) is 0 Å². The Balaban J connectivity index is 1.90. The highest BCUT2D eigenvalue weighted by molar-refractivity contribution is 4.72. The number of rotatable bonds is 8. The molecule has 0 aliphatic heterocycles. The molecule has 0 spiro atoms. The van der Waals surface area contributed by atoms with Crippen LogP contribution in [0.1, 0.15) is 25.7 Å². The van der Waals surface area contributed by atoms with E-state index in [9.17, 15) is 0 Å². The lowest BCUT2D eigenvalue weighted by molar-refractivity contribution is 0.00264. The van der Waals surface area contributed by atoms with Gasteiger partial charge in [-0.3, -0.25) is 0 Å². The van der Waals surface area contributed by atoms with Crippen LogP contribution in [0.15, 0.2) is 0 Å². The molecule has 1 aliphatic carbocycles. The number of hydrogen-bond acceptors (Lipinski definition) is 4. The second kappa shape index (κ2) is 8.93. The van der Waals surface area contributed by atoms with E-state index in [1.165, 1.54) is 12.8 Å². The summed E-state index contributed by atoms with van der Waals surface area (Å²) in [7, 11) is 1.79. The molecule has 0 aromatic rings. The normalized spacial score (nSPS) is 25.9. The molecule has 0 aromatic carbocycles. The van der Waals surface area contributed by atoms with E-state index in [2.05, 4.69) is 0 Å². The lowest BCUT2D eigenvalue weighted by Crippen LogP contribution is -2.23. The second-order valence-electron chi connectivity index (χ2n) is 4.29. The molecule has 1 fully saturated rings. The highest BCUT2D eigenvalue weighted by Gasteiger charge is 2.20. The molecule has 1 N–H and O–H groups in total. The summed E-state index contributed by atoms with van der Waals surface area (Å²) in [4.78, 5) is 0. The molecule has 0 amide bonds. The Kier molecular flexibility index (Phi) is 7.76. The molecule has 96 valence electrons. The predicted octanol–water partition coefficient (Wildman–Crippen LogP) is 1.22. The van der Waals surface area contributed by atoms with E-state index in [-0.39, 0.29) is 6.61 Å². The number of hydrogen-bond donors (Lipinski definition) is 1. The van der Waals surface area contributed by atoms with Gasteiger partial charge in [-0.25, -0.2) is 0 Å². The van der Waals surface area contributed by atoms with Gasteiger partial charge in [0.25, 0.3) is 0 Å². The Morgan fingerprint density at radius 1 is 1.00 bits per heavy atom. The molecular formula is C12H24O4. The molecule has 1 rings (SSSR count). The molecule has 0 aromatic heterocycles. The Morgan fingerprint density at radius 3 is 2.31 bits per heavy atom. The average Bonchev–Trinajstić information content (AvgIpc) is 2.34. The first-order valence-corrected chi connectivity index (χ1v) is 6.16. The van der Waals surface area contributed by atoms with Crippen LogP contribution >= 0.6 is 0 Å². The van der Waals surface area contributed by atoms with Crippen molar-refractivity contribution in [3.05, 3.63) is 0 Å². The fourth-order valence-electron chi connectivity index (χ4n) is 2.07. The average molecular weight is 232 g/mol. The smallest absolute Gasteiger partial charge is 0.0701 e. The molecule has 1 saturated carbocycles. The molecule has 0 unspecified atom stereocenters. The zero-order valence-corrected chi connectivity index (χ0v) is 10.2. The third-order valence-corrected chi connectivity index (χ3v) is 3.09. The van der Waals surface area contributed by atoms with Gasteiger partial charge in [0.15, 0.2) is 0 Å². The second-order valence-corrected chi connectivity index (χ2v) is 4.29. The summed E-state index contributed by atoms with van der Waals surface area (Å²) in [5, 5.41) is 8.50. The largest absolute Gasteiger partial charge is 0.394 e. The minimum Gasteiger partial charge on any atom is -0.394 e. The quantitative estimate of drug-likeness (QED) is 0.639. The molecule has 0 heterocycles. The molecule has 4 nitrogen and oxygen atoms in total. The third-order valence-electron chi connectivity index (χ3n) is 3.09. The van der Waals surface area contributed by atoms with Gasteiger partial charge in [0.05, 0.1) is 32.5 Å². The summed E-state index contributed by atoms with van der Waals surface area (Å²) >= 11 is 0. The van der Waals surface area contributed by atoms with Gasteiger partial charge in [0.1, 0.15) is 0 Å². The van der Waals surface area contributed by atoms with Crippen molar-refractivity contribution < 1.29 is 19.3 Å². The van der Waals surface area contributed by atoms with Crippen molar-refractivity contribution in [1.82, 2.24) is 0 Å². The van der Waals surface area contributed by atoms with Crippen molar-refractivity contribution in [1.29, 1.82) is 0 Å². The monoisotopic (exact) mass is 232 g/mol. The van der Waals surface area contributed by atoms with Crippen LogP contribution in [0.5, 0.6) is 0 Å². The minimum atomic E-state index is 0.0844. The van der Waals surface area contributed by atoms with Crippen molar-refractivity contribution in [2.45, 2.75) is 31.8 Å². The van der Waals surface area contributed by atoms with E-state index in [1.807, 2.05) is 0 Å². The van der Waals surface area contributed by atoms with Gasteiger partial charge in [-0.15, -0.1) is 0 Å².